The molecule has 0 spiro atoms. The average Bonchev–Trinajstić information content (AvgIpc) is 1.84. The Bertz CT molecular complexity index is 5840. The molecule has 2 fully saturated rings. The molecule has 11 aromatic rings. The lowest BCUT2D eigenvalue weighted by Crippen LogP contribution is -2.34. The fraction of sp³-hybridized carbons (Fsp3) is 0.360. The van der Waals surface area contributed by atoms with Gasteiger partial charge in [-0.25, -0.2) is 0 Å². The number of aryl methyl sites for hydroxylation is 2. The van der Waals surface area contributed by atoms with Gasteiger partial charge in [0.25, 0.3) is 0 Å². The van der Waals surface area contributed by atoms with Crippen LogP contribution in [-0.2, 0) is 150 Å². The molecule has 27 nitrogen and oxygen atoms in total. The number of para-hydroxylation sites is 7. The summed E-state index contributed by atoms with van der Waals surface area (Å²) < 4.78 is 231. The van der Waals surface area contributed by atoms with Gasteiger partial charge in [-0.3, -0.25) is 24.0 Å². The molecule has 0 aliphatic carbocycles. The van der Waals surface area contributed by atoms with Gasteiger partial charge in [0.2, 0.25) is 0 Å². The molecule has 150 heavy (non-hydrogen) atoms. The van der Waals surface area contributed by atoms with E-state index in [0.717, 1.165) is 101 Å². The third-order valence-corrected chi connectivity index (χ3v) is 21.7. The minimum Gasteiger partial charge on any atom is -0.508 e. The molecule has 0 amide bonds. The smallest absolute Gasteiger partial charge is 0.416 e. The number of alkyl halides is 12. The highest BCUT2D eigenvalue weighted by molar-refractivity contribution is 5.68. The monoisotopic (exact) mass is 2110 g/mol. The molecular formula is C111H124F12N2O25. The molecule has 0 saturated carbocycles. The normalized spacial score (nSPS) is 13.5. The second kappa shape index (κ2) is 63.6. The first-order chi connectivity index (χ1) is 71.4. The largest absolute Gasteiger partial charge is 0.508 e. The van der Waals surface area contributed by atoms with Crippen LogP contribution in [0.15, 0.2) is 267 Å². The summed E-state index contributed by atoms with van der Waals surface area (Å²) in [5.74, 6) is 1.96. The maximum atomic E-state index is 12.7. The predicted octanol–water partition coefficient (Wildman–Crippen LogP) is 20.2. The van der Waals surface area contributed by atoms with Gasteiger partial charge in [-0.15, -0.1) is 0 Å². The maximum Gasteiger partial charge on any atom is 0.416 e. The number of carbonyl (C=O) groups excluding carboxylic acids is 5. The van der Waals surface area contributed by atoms with Crippen molar-refractivity contribution in [1.82, 2.24) is 0 Å². The fourth-order valence-corrected chi connectivity index (χ4v) is 13.2. The van der Waals surface area contributed by atoms with Crippen molar-refractivity contribution >= 4 is 41.2 Å². The van der Waals surface area contributed by atoms with Crippen molar-refractivity contribution in [3.8, 4) is 40.2 Å². The second-order valence-corrected chi connectivity index (χ2v) is 33.6. The van der Waals surface area contributed by atoms with Crippen LogP contribution in [0.4, 0.5) is 64.1 Å². The van der Waals surface area contributed by atoms with Gasteiger partial charge in [0, 0.05) is 126 Å². The third-order valence-electron chi connectivity index (χ3n) is 21.7. The van der Waals surface area contributed by atoms with E-state index in [1.807, 2.05) is 78.9 Å². The zero-order valence-corrected chi connectivity index (χ0v) is 84.0. The number of carbonyl (C=O) groups is 5. The number of benzene rings is 11. The lowest BCUT2D eigenvalue weighted by atomic mass is 10.0. The zero-order chi connectivity index (χ0) is 110. The van der Waals surface area contributed by atoms with Crippen molar-refractivity contribution in [3.05, 3.63) is 339 Å². The van der Waals surface area contributed by atoms with Gasteiger partial charge in [0.15, 0.2) is 0 Å². The van der Waals surface area contributed by atoms with Gasteiger partial charge in [-0.05, 0) is 152 Å². The molecule has 0 bridgehead atoms. The maximum absolute atomic E-state index is 12.7. The van der Waals surface area contributed by atoms with Crippen LogP contribution >= 0.6 is 0 Å². The third kappa shape index (κ3) is 48.0. The average molecular weight is 2110 g/mol. The standard InChI is InChI=1S/C21H24F3NO4.C21H23F3O4.C20H22F3NO4.C20H21F3O4.C12H14O4.C10H12O3.C7H8O2/c1-15(26)28-13-16-6-4-5-7-20(16)29-14-19(27-3)12-25(2)18-10-8-17(9-11-18)21(22,23)24;1-15(25)27-13-17-5-3-4-6-20(17)28-14-19(26-2)12-9-16-7-10-18(11-8-16)21(22,23)24;1-14(25)27-12-15-5-3-4-6-19(15)28-13-18(26)11-24(2)17-9-7-16(8-10-17)20(21,22)23;1-14(24)26-12-16-4-2-3-5-19(16)27-13-18(25)11-8-15-6-9-17(10-7-15)20(21,22)23;1-9(13)14-6-10-4-2-3-5-12(10)16-8-11-7-15-11;11-5-8-3-1-2-4-10(8)13-7-9-6-12-9;8-5-6-3-1-2-4-7(6)9/h4-11,19H,12-14H2,1-3H3;3-8,10-11,19H,9,12-14H2,1-2H3;3-10,18,26H,11-13H2,1-2H3;2-7,9-10,18,25H,8,11-13H2,1H3;2-5,11H,6-8H2,1H3;1-4,9,11H,5-7H2;1-4,8-9H,5H2. The van der Waals surface area contributed by atoms with Gasteiger partial charge < -0.3 is 106 Å². The van der Waals surface area contributed by atoms with Gasteiger partial charge in [-0.2, -0.15) is 52.7 Å². The number of phenols is 1. The minimum absolute atomic E-state index is 0.0156. The summed E-state index contributed by atoms with van der Waals surface area (Å²) in [7, 11) is 6.54. The molecule has 812 valence electrons. The van der Waals surface area contributed by atoms with Crippen LogP contribution in [0, 0.1) is 0 Å². The number of aromatic hydroxyl groups is 1. The zero-order valence-electron chi connectivity index (χ0n) is 84.0. The highest BCUT2D eigenvalue weighted by Crippen LogP contribution is 2.36. The van der Waals surface area contributed by atoms with Crippen molar-refractivity contribution in [2.24, 2.45) is 0 Å². The van der Waals surface area contributed by atoms with Crippen molar-refractivity contribution in [2.75, 3.05) is 104 Å². The molecular weight excluding hydrogens is 1990 g/mol. The number of nitrogens with zero attached hydrogens (tertiary/aromatic N) is 2. The molecule has 6 atom stereocenters. The molecule has 5 N–H and O–H groups in total. The van der Waals surface area contributed by atoms with E-state index in [4.69, 9.17) is 86.4 Å². The number of anilines is 2. The van der Waals surface area contributed by atoms with Crippen molar-refractivity contribution in [3.63, 3.8) is 0 Å². The molecule has 2 heterocycles. The molecule has 2 aliphatic heterocycles. The summed E-state index contributed by atoms with van der Waals surface area (Å²) in [5.41, 5.74) is 5.00. The lowest BCUT2D eigenvalue weighted by Gasteiger charge is -2.25. The molecule has 0 aromatic heterocycles. The molecule has 2 aliphatic rings. The molecule has 11 aromatic carbocycles. The van der Waals surface area contributed by atoms with Crippen LogP contribution in [0.3, 0.4) is 0 Å². The summed E-state index contributed by atoms with van der Waals surface area (Å²) >= 11 is 0. The quantitative estimate of drug-likeness (QED) is 0.0102. The number of aliphatic hydroxyl groups is 4. The minimum atomic E-state index is -4.38. The highest BCUT2D eigenvalue weighted by Gasteiger charge is 2.34. The first kappa shape index (κ1) is 123. The summed E-state index contributed by atoms with van der Waals surface area (Å²) in [5, 5.41) is 46.8. The van der Waals surface area contributed by atoms with Crippen molar-refractivity contribution in [1.29, 1.82) is 0 Å². The molecule has 2 saturated heterocycles. The van der Waals surface area contributed by atoms with Crippen LogP contribution in [0.25, 0.3) is 0 Å². The van der Waals surface area contributed by atoms with E-state index in [9.17, 15) is 86.9 Å². The van der Waals surface area contributed by atoms with Crippen LogP contribution in [-0.4, -0.2) is 186 Å². The Balaban J connectivity index is 0.000000243. The van der Waals surface area contributed by atoms with E-state index in [-0.39, 0.29) is 127 Å². The SMILES string of the molecule is CC(=O)OCc1ccccc1OCC(O)CCc1ccc(C(F)(F)F)cc1.CC(=O)OCc1ccccc1OCC(O)CN(C)c1ccc(C(F)(F)F)cc1.CC(=O)OCc1ccccc1OCC1CO1.COC(CCc1ccc(C(F)(F)F)cc1)COc1ccccc1COC(C)=O.COC(COc1ccccc1COC(C)=O)CN(C)c1ccc(C(F)(F)F)cc1.OCc1ccccc1O.OCc1ccccc1OCC1CO1. The number of aliphatic hydroxyl groups excluding tert-OH is 4. The van der Waals surface area contributed by atoms with Gasteiger partial charge in [0.05, 0.1) is 60.9 Å². The number of halogens is 12. The number of hydrogen-bond donors (Lipinski definition) is 5. The van der Waals surface area contributed by atoms with E-state index in [1.54, 1.807) is 129 Å². The molecule has 6 unspecified atom stereocenters. The van der Waals surface area contributed by atoms with Crippen LogP contribution in [0.5, 0.6) is 40.2 Å². The first-order valence-electron chi connectivity index (χ1n) is 47.1. The van der Waals surface area contributed by atoms with Crippen LogP contribution in [0.1, 0.15) is 120 Å². The summed E-state index contributed by atoms with van der Waals surface area (Å²) in [6.45, 7) is 11.0. The summed E-state index contributed by atoms with van der Waals surface area (Å²) in [6.07, 6.45) is -17.3. The number of epoxide rings is 2. The Morgan fingerprint density at radius 1 is 0.327 bits per heavy atom. The number of esters is 5. The highest BCUT2D eigenvalue weighted by atomic mass is 19.4. The van der Waals surface area contributed by atoms with E-state index in [1.165, 1.54) is 83.1 Å². The Morgan fingerprint density at radius 3 is 0.867 bits per heavy atom. The van der Waals surface area contributed by atoms with Gasteiger partial charge in [-0.1, -0.05) is 152 Å². The lowest BCUT2D eigenvalue weighted by molar-refractivity contribution is -0.143. The summed E-state index contributed by atoms with van der Waals surface area (Å²) in [6, 6.07) is 69.8. The Labute approximate surface area is 861 Å². The Hall–Kier alpha value is -14.2. The fourth-order valence-electron chi connectivity index (χ4n) is 13.2. The van der Waals surface area contributed by atoms with E-state index < -0.39 is 71.1 Å². The number of methoxy groups -OCH3 is 2. The topological polar surface area (TPSA) is 338 Å². The van der Waals surface area contributed by atoms with E-state index in [0.29, 0.717) is 102 Å². The van der Waals surface area contributed by atoms with Crippen molar-refractivity contribution in [2.45, 2.75) is 168 Å². The first-order valence-corrected chi connectivity index (χ1v) is 47.1. The molecule has 0 radical (unpaired) electrons. The van der Waals surface area contributed by atoms with Crippen molar-refractivity contribution < 1.29 is 173 Å². The van der Waals surface area contributed by atoms with E-state index >= 15 is 0 Å². The molecule has 13 rings (SSSR count). The summed E-state index contributed by atoms with van der Waals surface area (Å²) in [4.78, 5) is 58.0. The predicted molar refractivity (Wildman–Crippen MR) is 531 cm³/mol. The number of ether oxygens (including phenoxy) is 15. The second-order valence-electron chi connectivity index (χ2n) is 33.6. The van der Waals surface area contributed by atoms with E-state index in [2.05, 4.69) is 0 Å². The van der Waals surface area contributed by atoms with Crippen LogP contribution in [0.2, 0.25) is 0 Å². The number of likely N-dealkylation sites (N-methyl/N-ethyl adjacent to an activating group) is 2. The molecule has 39 heteroatoms. The van der Waals surface area contributed by atoms with Crippen LogP contribution < -0.4 is 38.2 Å². The van der Waals surface area contributed by atoms with Gasteiger partial charge >= 0.3 is 54.6 Å². The van der Waals surface area contributed by atoms with Gasteiger partial charge in [0.1, 0.15) is 137 Å². The number of rotatable bonds is 44. The Kier molecular flexibility index (Phi) is 52.0. The number of hydrogen-bond acceptors (Lipinski definition) is 27. The Morgan fingerprint density at radius 2 is 0.580 bits per heavy atom.